The van der Waals surface area contributed by atoms with Gasteiger partial charge in [0.2, 0.25) is 11.8 Å². The number of hydrogen-bond donors (Lipinski definition) is 3. The van der Waals surface area contributed by atoms with Crippen LogP contribution >= 0.6 is 0 Å². The lowest BCUT2D eigenvalue weighted by molar-refractivity contribution is -0.136. The van der Waals surface area contributed by atoms with Gasteiger partial charge in [-0.2, -0.15) is 0 Å². The van der Waals surface area contributed by atoms with Crippen molar-refractivity contribution in [1.82, 2.24) is 20.9 Å². The van der Waals surface area contributed by atoms with E-state index < -0.39 is 6.04 Å². The summed E-state index contributed by atoms with van der Waals surface area (Å²) in [7, 11) is 0. The number of hydrogen-bond acceptors (Lipinski definition) is 5. The van der Waals surface area contributed by atoms with E-state index >= 15 is 0 Å². The van der Waals surface area contributed by atoms with Crippen LogP contribution < -0.4 is 16.0 Å². The SMILES string of the molecule is CCC1(CNCc2cccc3c2C(=O)N(C2CCC(=O)NC2=O)C3)CNC1. The molecule has 1 unspecified atom stereocenters. The number of amides is 3. The smallest absolute Gasteiger partial charge is 0.255 e. The van der Waals surface area contributed by atoms with E-state index in [9.17, 15) is 14.4 Å². The van der Waals surface area contributed by atoms with Crippen LogP contribution in [0.4, 0.5) is 0 Å². The largest absolute Gasteiger partial charge is 0.322 e. The first-order valence-electron chi connectivity index (χ1n) is 9.70. The third kappa shape index (κ3) is 3.26. The van der Waals surface area contributed by atoms with Gasteiger partial charge in [-0.25, -0.2) is 0 Å². The maximum absolute atomic E-state index is 13.1. The van der Waals surface area contributed by atoms with Gasteiger partial charge in [-0.05, 0) is 24.0 Å². The van der Waals surface area contributed by atoms with Gasteiger partial charge >= 0.3 is 0 Å². The van der Waals surface area contributed by atoms with Crippen LogP contribution in [0.1, 0.15) is 47.7 Å². The molecule has 3 N–H and O–H groups in total. The quantitative estimate of drug-likeness (QED) is 0.636. The molecule has 1 atom stereocenters. The summed E-state index contributed by atoms with van der Waals surface area (Å²) in [5.41, 5.74) is 2.97. The highest BCUT2D eigenvalue weighted by Crippen LogP contribution is 2.30. The zero-order valence-electron chi connectivity index (χ0n) is 15.6. The molecule has 2 fully saturated rings. The Morgan fingerprint density at radius 1 is 1.26 bits per heavy atom. The van der Waals surface area contributed by atoms with Gasteiger partial charge in [0.1, 0.15) is 6.04 Å². The molecule has 2 saturated heterocycles. The van der Waals surface area contributed by atoms with Crippen molar-refractivity contribution in [2.45, 2.75) is 45.3 Å². The fraction of sp³-hybridized carbons (Fsp3) is 0.550. The summed E-state index contributed by atoms with van der Waals surface area (Å²) < 4.78 is 0. The maximum atomic E-state index is 13.1. The van der Waals surface area contributed by atoms with Crippen LogP contribution in [0.25, 0.3) is 0 Å². The Hall–Kier alpha value is -2.25. The van der Waals surface area contributed by atoms with Crippen molar-refractivity contribution in [2.75, 3.05) is 19.6 Å². The van der Waals surface area contributed by atoms with E-state index in [1.807, 2.05) is 18.2 Å². The maximum Gasteiger partial charge on any atom is 0.255 e. The molecular weight excluding hydrogens is 344 g/mol. The molecule has 7 nitrogen and oxygen atoms in total. The zero-order chi connectivity index (χ0) is 19.0. The Morgan fingerprint density at radius 3 is 2.74 bits per heavy atom. The molecule has 4 rings (SSSR count). The number of nitrogens with one attached hydrogen (secondary N) is 3. The highest BCUT2D eigenvalue weighted by Gasteiger charge is 2.40. The topological polar surface area (TPSA) is 90.5 Å². The minimum atomic E-state index is -0.562. The number of imide groups is 1. The molecule has 0 spiro atoms. The van der Waals surface area contributed by atoms with E-state index in [0.717, 1.165) is 37.2 Å². The second kappa shape index (κ2) is 7.05. The molecule has 3 amide bonds. The number of nitrogens with zero attached hydrogens (tertiary/aromatic N) is 1. The van der Waals surface area contributed by atoms with Crippen LogP contribution in [-0.4, -0.2) is 48.3 Å². The summed E-state index contributed by atoms with van der Waals surface area (Å²) in [6.07, 6.45) is 1.80. The van der Waals surface area contributed by atoms with Crippen molar-refractivity contribution < 1.29 is 14.4 Å². The summed E-state index contributed by atoms with van der Waals surface area (Å²) in [5, 5.41) is 9.21. The summed E-state index contributed by atoms with van der Waals surface area (Å²) >= 11 is 0. The van der Waals surface area contributed by atoms with Crippen molar-refractivity contribution in [1.29, 1.82) is 0 Å². The van der Waals surface area contributed by atoms with Gasteiger partial charge in [0.15, 0.2) is 0 Å². The number of fused-ring (bicyclic) bond motifs is 1. The van der Waals surface area contributed by atoms with E-state index in [0.29, 0.717) is 30.5 Å². The van der Waals surface area contributed by atoms with Gasteiger partial charge < -0.3 is 15.5 Å². The van der Waals surface area contributed by atoms with Gasteiger partial charge in [-0.1, -0.05) is 25.1 Å². The van der Waals surface area contributed by atoms with Gasteiger partial charge in [-0.3, -0.25) is 19.7 Å². The Kier molecular flexibility index (Phi) is 4.74. The van der Waals surface area contributed by atoms with Gasteiger partial charge in [-0.15, -0.1) is 0 Å². The molecule has 1 aromatic carbocycles. The first-order valence-corrected chi connectivity index (χ1v) is 9.70. The molecule has 144 valence electrons. The van der Waals surface area contributed by atoms with Crippen molar-refractivity contribution in [3.63, 3.8) is 0 Å². The lowest BCUT2D eigenvalue weighted by atomic mass is 9.79. The monoisotopic (exact) mass is 370 g/mol. The van der Waals surface area contributed by atoms with Crippen molar-refractivity contribution in [3.05, 3.63) is 34.9 Å². The lowest BCUT2D eigenvalue weighted by Crippen LogP contribution is -2.57. The molecule has 0 bridgehead atoms. The Labute approximate surface area is 158 Å². The second-order valence-electron chi connectivity index (χ2n) is 7.91. The van der Waals surface area contributed by atoms with E-state index in [4.69, 9.17) is 0 Å². The summed E-state index contributed by atoms with van der Waals surface area (Å²) in [6, 6.07) is 5.34. The predicted molar refractivity (Wildman–Crippen MR) is 99.8 cm³/mol. The van der Waals surface area contributed by atoms with E-state index in [1.54, 1.807) is 4.90 Å². The number of piperidine rings is 1. The first kappa shape index (κ1) is 18.1. The van der Waals surface area contributed by atoms with Crippen LogP contribution in [0.2, 0.25) is 0 Å². The molecule has 0 aliphatic carbocycles. The zero-order valence-corrected chi connectivity index (χ0v) is 15.6. The molecule has 1 aromatic rings. The molecule has 3 aliphatic rings. The first-order chi connectivity index (χ1) is 13.0. The molecule has 0 radical (unpaired) electrons. The molecule has 3 aliphatic heterocycles. The minimum absolute atomic E-state index is 0.104. The summed E-state index contributed by atoms with van der Waals surface area (Å²) in [5.74, 6) is -0.734. The number of rotatable bonds is 6. The lowest BCUT2D eigenvalue weighted by Gasteiger charge is -2.42. The van der Waals surface area contributed by atoms with Crippen LogP contribution in [0.3, 0.4) is 0 Å². The Balaban J connectivity index is 1.46. The highest BCUT2D eigenvalue weighted by atomic mass is 16.2. The third-order valence-electron chi connectivity index (χ3n) is 6.20. The van der Waals surface area contributed by atoms with Gasteiger partial charge in [0, 0.05) is 50.1 Å². The standard InChI is InChI=1S/C20H26N4O3/c1-2-20(11-22-12-20)10-21-8-13-4-3-5-14-9-24(19(27)17(13)14)15-6-7-16(25)23-18(15)26/h3-5,15,21-22H,2,6-12H2,1H3,(H,23,25,26). The molecular formula is C20H26N4O3. The van der Waals surface area contributed by atoms with Crippen molar-refractivity contribution in [2.24, 2.45) is 5.41 Å². The minimum Gasteiger partial charge on any atom is -0.322 e. The fourth-order valence-corrected chi connectivity index (χ4v) is 4.28. The average molecular weight is 370 g/mol. The Morgan fingerprint density at radius 2 is 2.07 bits per heavy atom. The predicted octanol–water partition coefficient (Wildman–Crippen LogP) is 0.537. The number of carbonyl (C=O) groups excluding carboxylic acids is 3. The molecule has 0 saturated carbocycles. The average Bonchev–Trinajstić information content (AvgIpc) is 2.95. The summed E-state index contributed by atoms with van der Waals surface area (Å²) in [4.78, 5) is 38.2. The van der Waals surface area contributed by atoms with Gasteiger partial charge in [0.05, 0.1) is 0 Å². The van der Waals surface area contributed by atoms with Crippen molar-refractivity contribution in [3.8, 4) is 0 Å². The molecule has 0 aromatic heterocycles. The van der Waals surface area contributed by atoms with Crippen LogP contribution in [-0.2, 0) is 22.7 Å². The normalized spacial score (nSPS) is 23.8. The van der Waals surface area contributed by atoms with E-state index in [-0.39, 0.29) is 24.1 Å². The third-order valence-corrected chi connectivity index (χ3v) is 6.20. The van der Waals surface area contributed by atoms with E-state index in [2.05, 4.69) is 22.9 Å². The number of carbonyl (C=O) groups is 3. The summed E-state index contributed by atoms with van der Waals surface area (Å²) in [6.45, 7) is 6.27. The second-order valence-corrected chi connectivity index (χ2v) is 7.91. The Bertz CT molecular complexity index is 782. The molecule has 3 heterocycles. The molecule has 27 heavy (non-hydrogen) atoms. The highest BCUT2D eigenvalue weighted by molar-refractivity contribution is 6.05. The van der Waals surface area contributed by atoms with Crippen LogP contribution in [0.5, 0.6) is 0 Å². The fourth-order valence-electron chi connectivity index (χ4n) is 4.28. The number of benzene rings is 1. The molecule has 7 heteroatoms. The van der Waals surface area contributed by atoms with Crippen LogP contribution in [0.15, 0.2) is 18.2 Å². The van der Waals surface area contributed by atoms with E-state index in [1.165, 1.54) is 0 Å². The van der Waals surface area contributed by atoms with Crippen molar-refractivity contribution >= 4 is 17.7 Å². The van der Waals surface area contributed by atoms with Crippen LogP contribution in [0, 0.1) is 5.41 Å². The van der Waals surface area contributed by atoms with Gasteiger partial charge in [0.25, 0.3) is 5.91 Å².